The molecule has 0 bridgehead atoms. The zero-order chi connectivity index (χ0) is 17.6. The summed E-state index contributed by atoms with van der Waals surface area (Å²) < 4.78 is 2.06. The number of pyridine rings is 1. The van der Waals surface area contributed by atoms with Crippen molar-refractivity contribution in [3.05, 3.63) is 47.5 Å². The first-order valence-corrected chi connectivity index (χ1v) is 9.34. The van der Waals surface area contributed by atoms with E-state index in [9.17, 15) is 4.79 Å². The van der Waals surface area contributed by atoms with E-state index < -0.39 is 0 Å². The highest BCUT2D eigenvalue weighted by molar-refractivity contribution is 5.76. The molecule has 0 N–H and O–H groups in total. The number of hydrogen-bond acceptors (Lipinski definition) is 3. The van der Waals surface area contributed by atoms with Gasteiger partial charge in [-0.15, -0.1) is 0 Å². The van der Waals surface area contributed by atoms with Gasteiger partial charge in [0.05, 0.1) is 18.3 Å². The molecule has 0 aromatic carbocycles. The number of aromatic nitrogens is 3. The van der Waals surface area contributed by atoms with Crippen molar-refractivity contribution in [2.75, 3.05) is 6.54 Å². The molecule has 0 radical (unpaired) electrons. The molecule has 0 aliphatic carbocycles. The number of carbonyl (C=O) groups excluding carboxylic acids is 1. The average Bonchev–Trinajstić information content (AvgIpc) is 2.93. The van der Waals surface area contributed by atoms with Gasteiger partial charge in [0.2, 0.25) is 5.91 Å². The number of nitrogens with zero attached hydrogens (tertiary/aromatic N) is 4. The van der Waals surface area contributed by atoms with Crippen LogP contribution in [0.2, 0.25) is 0 Å². The Kier molecular flexibility index (Phi) is 5.84. The highest BCUT2D eigenvalue weighted by Crippen LogP contribution is 2.21. The number of carbonyl (C=O) groups is 1. The van der Waals surface area contributed by atoms with E-state index in [-0.39, 0.29) is 11.9 Å². The molecule has 134 valence electrons. The van der Waals surface area contributed by atoms with Gasteiger partial charge in [0, 0.05) is 30.6 Å². The summed E-state index contributed by atoms with van der Waals surface area (Å²) in [6, 6.07) is 8.32. The molecule has 2 aromatic heterocycles. The second kappa shape index (κ2) is 8.28. The fraction of sp³-hybridized carbons (Fsp3) is 0.550. The van der Waals surface area contributed by atoms with Crippen molar-refractivity contribution in [1.82, 2.24) is 19.7 Å². The van der Waals surface area contributed by atoms with Gasteiger partial charge in [-0.1, -0.05) is 6.07 Å². The Morgan fingerprint density at radius 3 is 2.88 bits per heavy atom. The SMILES string of the molecule is Cc1cc(C)n(CC2CCCCN2C(=O)CCCc2ccccn2)n1. The van der Waals surface area contributed by atoms with Crippen molar-refractivity contribution < 1.29 is 4.79 Å². The highest BCUT2D eigenvalue weighted by atomic mass is 16.2. The van der Waals surface area contributed by atoms with Gasteiger partial charge in [0.15, 0.2) is 0 Å². The van der Waals surface area contributed by atoms with Crippen molar-refractivity contribution in [2.24, 2.45) is 0 Å². The van der Waals surface area contributed by atoms with Crippen LogP contribution >= 0.6 is 0 Å². The molecular weight excluding hydrogens is 312 g/mol. The van der Waals surface area contributed by atoms with Gasteiger partial charge in [-0.3, -0.25) is 14.5 Å². The van der Waals surface area contributed by atoms with Gasteiger partial charge >= 0.3 is 0 Å². The van der Waals surface area contributed by atoms with Crippen LogP contribution in [-0.2, 0) is 17.8 Å². The van der Waals surface area contributed by atoms with Crippen molar-refractivity contribution in [3.8, 4) is 0 Å². The molecule has 1 aliphatic heterocycles. The normalized spacial score (nSPS) is 17.7. The topological polar surface area (TPSA) is 51.0 Å². The Balaban J connectivity index is 1.56. The Labute approximate surface area is 150 Å². The van der Waals surface area contributed by atoms with E-state index in [0.717, 1.165) is 50.2 Å². The predicted octanol–water partition coefficient (Wildman–Crippen LogP) is 3.30. The lowest BCUT2D eigenvalue weighted by Crippen LogP contribution is -2.46. The summed E-state index contributed by atoms with van der Waals surface area (Å²) in [4.78, 5) is 19.2. The van der Waals surface area contributed by atoms with Crippen molar-refractivity contribution >= 4 is 5.91 Å². The lowest BCUT2D eigenvalue weighted by Gasteiger charge is -2.36. The summed E-state index contributed by atoms with van der Waals surface area (Å²) in [5.74, 6) is 0.280. The average molecular weight is 340 g/mol. The smallest absolute Gasteiger partial charge is 0.222 e. The zero-order valence-corrected chi connectivity index (χ0v) is 15.3. The molecule has 3 heterocycles. The molecule has 1 atom stereocenters. The molecule has 5 nitrogen and oxygen atoms in total. The van der Waals surface area contributed by atoms with Gasteiger partial charge in [-0.25, -0.2) is 0 Å². The van der Waals surface area contributed by atoms with Crippen LogP contribution in [0.15, 0.2) is 30.5 Å². The molecule has 1 unspecified atom stereocenters. The molecule has 1 amide bonds. The van der Waals surface area contributed by atoms with Crippen LogP contribution < -0.4 is 0 Å². The molecular formula is C20H28N4O. The van der Waals surface area contributed by atoms with E-state index in [2.05, 4.69) is 32.7 Å². The van der Waals surface area contributed by atoms with E-state index in [1.54, 1.807) is 0 Å². The van der Waals surface area contributed by atoms with Crippen LogP contribution in [0, 0.1) is 13.8 Å². The minimum atomic E-state index is 0.272. The minimum Gasteiger partial charge on any atom is -0.338 e. The van der Waals surface area contributed by atoms with Gasteiger partial charge in [-0.2, -0.15) is 5.10 Å². The van der Waals surface area contributed by atoms with Crippen LogP contribution in [0.3, 0.4) is 0 Å². The molecule has 5 heteroatoms. The molecule has 1 fully saturated rings. The third kappa shape index (κ3) is 4.68. The summed E-state index contributed by atoms with van der Waals surface area (Å²) in [7, 11) is 0. The monoisotopic (exact) mass is 340 g/mol. The Morgan fingerprint density at radius 1 is 1.28 bits per heavy atom. The number of aryl methyl sites for hydroxylation is 3. The molecule has 1 aliphatic rings. The van der Waals surface area contributed by atoms with Crippen LogP contribution in [0.25, 0.3) is 0 Å². The first-order chi connectivity index (χ1) is 12.1. The minimum absolute atomic E-state index is 0.272. The van der Waals surface area contributed by atoms with Gasteiger partial charge in [-0.05, 0) is 64.2 Å². The van der Waals surface area contributed by atoms with Crippen molar-refractivity contribution in [2.45, 2.75) is 65.0 Å². The number of piperidine rings is 1. The van der Waals surface area contributed by atoms with Crippen molar-refractivity contribution in [1.29, 1.82) is 0 Å². The van der Waals surface area contributed by atoms with Gasteiger partial charge in [0.25, 0.3) is 0 Å². The second-order valence-electron chi connectivity index (χ2n) is 7.02. The number of likely N-dealkylation sites (tertiary alicyclic amines) is 1. The van der Waals surface area contributed by atoms with Crippen LogP contribution in [0.4, 0.5) is 0 Å². The molecule has 25 heavy (non-hydrogen) atoms. The van der Waals surface area contributed by atoms with Crippen LogP contribution in [0.5, 0.6) is 0 Å². The van der Waals surface area contributed by atoms with E-state index >= 15 is 0 Å². The van der Waals surface area contributed by atoms with Gasteiger partial charge < -0.3 is 4.90 Å². The maximum absolute atomic E-state index is 12.8. The van der Waals surface area contributed by atoms with E-state index in [1.807, 2.05) is 31.3 Å². The first-order valence-electron chi connectivity index (χ1n) is 9.34. The Bertz CT molecular complexity index is 695. The Hall–Kier alpha value is -2.17. The maximum Gasteiger partial charge on any atom is 0.222 e. The summed E-state index contributed by atoms with van der Waals surface area (Å²) >= 11 is 0. The maximum atomic E-state index is 12.8. The van der Waals surface area contributed by atoms with Gasteiger partial charge in [0.1, 0.15) is 0 Å². The summed E-state index contributed by atoms with van der Waals surface area (Å²) in [5, 5.41) is 4.57. The summed E-state index contributed by atoms with van der Waals surface area (Å²) in [5.41, 5.74) is 3.28. The summed E-state index contributed by atoms with van der Waals surface area (Å²) in [6.45, 7) is 5.80. The molecule has 0 spiro atoms. The Morgan fingerprint density at radius 2 is 2.16 bits per heavy atom. The third-order valence-electron chi connectivity index (χ3n) is 4.98. The number of rotatable bonds is 6. The third-order valence-corrected chi connectivity index (χ3v) is 4.98. The van der Waals surface area contributed by atoms with Crippen molar-refractivity contribution in [3.63, 3.8) is 0 Å². The fourth-order valence-corrected chi connectivity index (χ4v) is 3.69. The molecule has 1 saturated heterocycles. The lowest BCUT2D eigenvalue weighted by atomic mass is 10.0. The largest absolute Gasteiger partial charge is 0.338 e. The quantitative estimate of drug-likeness (QED) is 0.811. The number of hydrogen-bond donors (Lipinski definition) is 0. The summed E-state index contributed by atoms with van der Waals surface area (Å²) in [6.07, 6.45) is 7.52. The van der Waals surface area contributed by atoms with E-state index in [4.69, 9.17) is 0 Å². The predicted molar refractivity (Wildman–Crippen MR) is 98.2 cm³/mol. The second-order valence-corrected chi connectivity index (χ2v) is 7.02. The lowest BCUT2D eigenvalue weighted by molar-refractivity contribution is -0.135. The molecule has 3 rings (SSSR count). The first kappa shape index (κ1) is 17.6. The van der Waals surface area contributed by atoms with E-state index in [1.165, 1.54) is 12.1 Å². The highest BCUT2D eigenvalue weighted by Gasteiger charge is 2.27. The van der Waals surface area contributed by atoms with Crippen LogP contribution in [0.1, 0.15) is 49.2 Å². The molecule has 0 saturated carbocycles. The standard InChI is InChI=1S/C20H28N4O/c1-16-14-17(2)24(22-16)15-19-10-4-6-13-23(19)20(25)11-7-9-18-8-3-5-12-21-18/h3,5,8,12,14,19H,4,6-7,9-11,13,15H2,1-2H3. The van der Waals surface area contributed by atoms with Crippen LogP contribution in [-0.4, -0.2) is 38.2 Å². The van der Waals surface area contributed by atoms with E-state index in [0.29, 0.717) is 6.42 Å². The zero-order valence-electron chi connectivity index (χ0n) is 15.3. The molecule has 2 aromatic rings. The number of amides is 1. The fourth-order valence-electron chi connectivity index (χ4n) is 3.69.